The van der Waals surface area contributed by atoms with Crippen LogP contribution in [0.25, 0.3) is 10.2 Å². The molecular weight excluding hydrogens is 263 g/mol. The van der Waals surface area contributed by atoms with E-state index in [4.69, 9.17) is 0 Å². The van der Waals surface area contributed by atoms with Gasteiger partial charge in [0, 0.05) is 0 Å². The molecular formula is C14H11FN2OS. The van der Waals surface area contributed by atoms with Crippen molar-refractivity contribution in [3.63, 3.8) is 0 Å². The van der Waals surface area contributed by atoms with Gasteiger partial charge in [0.25, 0.3) is 5.56 Å². The fourth-order valence-corrected chi connectivity index (χ4v) is 2.78. The van der Waals surface area contributed by atoms with Crippen molar-refractivity contribution < 1.29 is 4.39 Å². The van der Waals surface area contributed by atoms with Crippen LogP contribution >= 0.6 is 11.3 Å². The third-order valence-electron chi connectivity index (χ3n) is 3.09. The molecule has 0 saturated heterocycles. The molecule has 0 saturated carbocycles. The summed E-state index contributed by atoms with van der Waals surface area (Å²) in [6.45, 7) is 2.24. The molecule has 96 valence electrons. The van der Waals surface area contributed by atoms with Crippen LogP contribution in [0.2, 0.25) is 0 Å². The van der Waals surface area contributed by atoms with Gasteiger partial charge >= 0.3 is 0 Å². The third kappa shape index (κ3) is 2.17. The van der Waals surface area contributed by atoms with Crippen molar-refractivity contribution in [2.45, 2.75) is 13.5 Å². The Balaban J connectivity index is 2.08. The fraction of sp³-hybridized carbons (Fsp3) is 0.143. The van der Waals surface area contributed by atoms with E-state index in [9.17, 15) is 9.18 Å². The minimum atomic E-state index is -0.293. The van der Waals surface area contributed by atoms with E-state index in [0.717, 1.165) is 11.1 Å². The van der Waals surface area contributed by atoms with Crippen LogP contribution in [-0.2, 0) is 6.54 Å². The van der Waals surface area contributed by atoms with Crippen molar-refractivity contribution in [2.75, 3.05) is 0 Å². The lowest BCUT2D eigenvalue weighted by molar-refractivity contribution is 0.621. The number of aryl methyl sites for hydroxylation is 1. The lowest BCUT2D eigenvalue weighted by atomic mass is 10.1. The van der Waals surface area contributed by atoms with E-state index in [-0.39, 0.29) is 11.4 Å². The first-order valence-electron chi connectivity index (χ1n) is 5.83. The number of rotatable bonds is 2. The van der Waals surface area contributed by atoms with Gasteiger partial charge in [-0.15, -0.1) is 11.3 Å². The summed E-state index contributed by atoms with van der Waals surface area (Å²) >= 11 is 1.38. The minimum Gasteiger partial charge on any atom is -0.294 e. The number of hydrogen-bond donors (Lipinski definition) is 0. The van der Waals surface area contributed by atoms with Gasteiger partial charge in [0.15, 0.2) is 0 Å². The van der Waals surface area contributed by atoms with Crippen LogP contribution in [0.3, 0.4) is 0 Å². The third-order valence-corrected chi connectivity index (χ3v) is 3.98. The summed E-state index contributed by atoms with van der Waals surface area (Å²) in [6, 6.07) is 6.41. The number of benzene rings is 1. The Hall–Kier alpha value is -2.01. The van der Waals surface area contributed by atoms with E-state index in [2.05, 4.69) is 4.98 Å². The van der Waals surface area contributed by atoms with Gasteiger partial charge in [-0.3, -0.25) is 9.36 Å². The van der Waals surface area contributed by atoms with Gasteiger partial charge in [0.05, 0.1) is 18.4 Å². The SMILES string of the molecule is Cc1ccc(F)cc1Cn1cnc2ccsc2c1=O. The van der Waals surface area contributed by atoms with E-state index in [0.29, 0.717) is 16.8 Å². The highest BCUT2D eigenvalue weighted by molar-refractivity contribution is 7.17. The first kappa shape index (κ1) is 12.0. The van der Waals surface area contributed by atoms with Gasteiger partial charge in [-0.1, -0.05) is 6.07 Å². The maximum atomic E-state index is 13.3. The second-order valence-electron chi connectivity index (χ2n) is 4.38. The number of fused-ring (bicyclic) bond motifs is 1. The van der Waals surface area contributed by atoms with Crippen LogP contribution in [0, 0.1) is 12.7 Å². The predicted molar refractivity (Wildman–Crippen MR) is 74.1 cm³/mol. The van der Waals surface area contributed by atoms with E-state index in [1.54, 1.807) is 6.07 Å². The van der Waals surface area contributed by atoms with Crippen molar-refractivity contribution in [3.8, 4) is 0 Å². The lowest BCUT2D eigenvalue weighted by Gasteiger charge is -2.08. The Kier molecular flexibility index (Phi) is 2.91. The molecule has 3 rings (SSSR count). The molecule has 0 radical (unpaired) electrons. The van der Waals surface area contributed by atoms with Crippen LogP contribution in [-0.4, -0.2) is 9.55 Å². The minimum absolute atomic E-state index is 0.0799. The van der Waals surface area contributed by atoms with Crippen molar-refractivity contribution in [3.05, 3.63) is 63.3 Å². The van der Waals surface area contributed by atoms with Crippen LogP contribution in [0.1, 0.15) is 11.1 Å². The average Bonchev–Trinajstić information content (AvgIpc) is 2.86. The maximum absolute atomic E-state index is 13.3. The zero-order chi connectivity index (χ0) is 13.4. The molecule has 3 aromatic rings. The molecule has 1 aromatic carbocycles. The molecule has 0 bridgehead atoms. The highest BCUT2D eigenvalue weighted by Gasteiger charge is 2.07. The van der Waals surface area contributed by atoms with E-state index in [1.165, 1.54) is 34.4 Å². The average molecular weight is 274 g/mol. The number of nitrogens with zero attached hydrogens (tertiary/aromatic N) is 2. The van der Waals surface area contributed by atoms with Crippen molar-refractivity contribution in [1.29, 1.82) is 0 Å². The van der Waals surface area contributed by atoms with Crippen molar-refractivity contribution >= 4 is 21.6 Å². The Morgan fingerprint density at radius 2 is 2.21 bits per heavy atom. The number of aromatic nitrogens is 2. The van der Waals surface area contributed by atoms with Crippen LogP contribution in [0.15, 0.2) is 40.8 Å². The first-order valence-corrected chi connectivity index (χ1v) is 6.71. The molecule has 0 fully saturated rings. The zero-order valence-electron chi connectivity index (χ0n) is 10.3. The van der Waals surface area contributed by atoms with Gasteiger partial charge in [0.1, 0.15) is 10.5 Å². The molecule has 0 unspecified atom stereocenters. The molecule has 3 nitrogen and oxygen atoms in total. The van der Waals surface area contributed by atoms with Gasteiger partial charge in [-0.25, -0.2) is 9.37 Å². The second-order valence-corrected chi connectivity index (χ2v) is 5.30. The van der Waals surface area contributed by atoms with Gasteiger partial charge < -0.3 is 0 Å². The van der Waals surface area contributed by atoms with Gasteiger partial charge in [-0.05, 0) is 41.6 Å². The van der Waals surface area contributed by atoms with Crippen LogP contribution in [0.5, 0.6) is 0 Å². The van der Waals surface area contributed by atoms with E-state index in [1.807, 2.05) is 18.4 Å². The number of halogens is 1. The molecule has 19 heavy (non-hydrogen) atoms. The Labute approximate surface area is 113 Å². The largest absolute Gasteiger partial charge is 0.294 e. The fourth-order valence-electron chi connectivity index (χ4n) is 1.99. The highest BCUT2D eigenvalue weighted by Crippen LogP contribution is 2.15. The maximum Gasteiger partial charge on any atom is 0.271 e. The van der Waals surface area contributed by atoms with Gasteiger partial charge in [-0.2, -0.15) is 0 Å². The molecule has 0 atom stereocenters. The molecule has 0 amide bonds. The second kappa shape index (κ2) is 4.59. The van der Waals surface area contributed by atoms with Crippen LogP contribution in [0.4, 0.5) is 4.39 Å². The Morgan fingerprint density at radius 1 is 1.37 bits per heavy atom. The summed E-state index contributed by atoms with van der Waals surface area (Å²) in [5, 5.41) is 1.84. The molecule has 2 aromatic heterocycles. The number of thiophene rings is 1. The summed E-state index contributed by atoms with van der Waals surface area (Å²) < 4.78 is 15.4. The van der Waals surface area contributed by atoms with Crippen molar-refractivity contribution in [2.24, 2.45) is 0 Å². The smallest absolute Gasteiger partial charge is 0.271 e. The number of hydrogen-bond acceptors (Lipinski definition) is 3. The quantitative estimate of drug-likeness (QED) is 0.720. The first-order chi connectivity index (χ1) is 9.15. The summed E-state index contributed by atoms with van der Waals surface area (Å²) in [7, 11) is 0. The molecule has 5 heteroatoms. The lowest BCUT2D eigenvalue weighted by Crippen LogP contribution is -2.20. The molecule has 0 aliphatic rings. The van der Waals surface area contributed by atoms with Gasteiger partial charge in [0.2, 0.25) is 0 Å². The monoisotopic (exact) mass is 274 g/mol. The highest BCUT2D eigenvalue weighted by atomic mass is 32.1. The summed E-state index contributed by atoms with van der Waals surface area (Å²) in [6.07, 6.45) is 1.52. The predicted octanol–water partition coefficient (Wildman–Crippen LogP) is 2.95. The summed E-state index contributed by atoms with van der Waals surface area (Å²) in [5.74, 6) is -0.293. The normalized spacial score (nSPS) is 11.1. The molecule has 0 N–H and O–H groups in total. The molecule has 0 aliphatic carbocycles. The van der Waals surface area contributed by atoms with E-state index < -0.39 is 0 Å². The Bertz CT molecular complexity index is 807. The summed E-state index contributed by atoms with van der Waals surface area (Å²) in [5.41, 5.74) is 2.38. The van der Waals surface area contributed by atoms with Crippen LogP contribution < -0.4 is 5.56 Å². The topological polar surface area (TPSA) is 34.9 Å². The summed E-state index contributed by atoms with van der Waals surface area (Å²) in [4.78, 5) is 16.5. The van der Waals surface area contributed by atoms with E-state index >= 15 is 0 Å². The van der Waals surface area contributed by atoms with Crippen molar-refractivity contribution in [1.82, 2.24) is 9.55 Å². The molecule has 0 spiro atoms. The molecule has 0 aliphatic heterocycles. The molecule has 2 heterocycles. The Morgan fingerprint density at radius 3 is 3.05 bits per heavy atom. The zero-order valence-corrected chi connectivity index (χ0v) is 11.1. The standard InChI is InChI=1S/C14H11FN2OS/c1-9-2-3-11(15)6-10(9)7-17-8-16-12-4-5-19-13(12)14(17)18/h2-6,8H,7H2,1H3.